The average molecular weight is 313 g/mol. The van der Waals surface area contributed by atoms with E-state index in [0.717, 1.165) is 6.42 Å². The fourth-order valence-electron chi connectivity index (χ4n) is 2.49. The number of anilines is 1. The minimum absolute atomic E-state index is 0.0339. The first-order valence-electron chi connectivity index (χ1n) is 7.61. The fourth-order valence-corrected chi connectivity index (χ4v) is 2.49. The standard InChI is InChI=1S/C19H23NO3/c1-13-5-6-15(14(2)11-13)7-10-19(21)20-17-9-8-16(22-3)12-18(17)23-4/h5-6,8-9,11-12H,7,10H2,1-4H3,(H,20,21). The zero-order chi connectivity index (χ0) is 16.8. The zero-order valence-corrected chi connectivity index (χ0v) is 14.1. The molecule has 0 spiro atoms. The lowest BCUT2D eigenvalue weighted by Crippen LogP contribution is -2.13. The molecule has 4 nitrogen and oxygen atoms in total. The molecule has 4 heteroatoms. The van der Waals surface area contributed by atoms with Crippen LogP contribution < -0.4 is 14.8 Å². The van der Waals surface area contributed by atoms with Crippen LogP contribution in [0, 0.1) is 13.8 Å². The Balaban J connectivity index is 1.99. The number of benzene rings is 2. The van der Waals surface area contributed by atoms with Gasteiger partial charge in [-0.2, -0.15) is 0 Å². The molecule has 1 N–H and O–H groups in total. The Morgan fingerprint density at radius 3 is 2.48 bits per heavy atom. The first-order chi connectivity index (χ1) is 11.0. The number of rotatable bonds is 6. The van der Waals surface area contributed by atoms with E-state index in [1.165, 1.54) is 16.7 Å². The van der Waals surface area contributed by atoms with Crippen LogP contribution in [-0.4, -0.2) is 20.1 Å². The van der Waals surface area contributed by atoms with Crippen molar-refractivity contribution in [2.75, 3.05) is 19.5 Å². The van der Waals surface area contributed by atoms with Crippen LogP contribution in [0.15, 0.2) is 36.4 Å². The predicted octanol–water partition coefficient (Wildman–Crippen LogP) is 3.89. The number of ether oxygens (including phenoxy) is 2. The van der Waals surface area contributed by atoms with Crippen molar-refractivity contribution in [1.82, 2.24) is 0 Å². The van der Waals surface area contributed by atoms with E-state index in [0.29, 0.717) is 23.6 Å². The van der Waals surface area contributed by atoms with Crippen LogP contribution in [0.5, 0.6) is 11.5 Å². The maximum Gasteiger partial charge on any atom is 0.224 e. The lowest BCUT2D eigenvalue weighted by atomic mass is 10.0. The van der Waals surface area contributed by atoms with Gasteiger partial charge in [0.05, 0.1) is 19.9 Å². The topological polar surface area (TPSA) is 47.6 Å². The Morgan fingerprint density at radius 2 is 1.83 bits per heavy atom. The summed E-state index contributed by atoms with van der Waals surface area (Å²) >= 11 is 0. The van der Waals surface area contributed by atoms with Gasteiger partial charge in [-0.05, 0) is 43.5 Å². The van der Waals surface area contributed by atoms with Crippen molar-refractivity contribution in [3.05, 3.63) is 53.1 Å². The second-order valence-corrected chi connectivity index (χ2v) is 5.54. The Morgan fingerprint density at radius 1 is 1.04 bits per heavy atom. The molecule has 0 saturated carbocycles. The summed E-state index contributed by atoms with van der Waals surface area (Å²) in [7, 11) is 3.16. The Labute approximate surface area is 137 Å². The van der Waals surface area contributed by atoms with E-state index in [2.05, 4.69) is 37.4 Å². The monoisotopic (exact) mass is 313 g/mol. The van der Waals surface area contributed by atoms with Crippen LogP contribution >= 0.6 is 0 Å². The summed E-state index contributed by atoms with van der Waals surface area (Å²) in [5, 5.41) is 2.89. The van der Waals surface area contributed by atoms with Crippen LogP contribution in [0.25, 0.3) is 0 Å². The molecule has 0 aliphatic heterocycles. The van der Waals surface area contributed by atoms with Crippen molar-refractivity contribution in [1.29, 1.82) is 0 Å². The molecule has 0 unspecified atom stereocenters. The van der Waals surface area contributed by atoms with Gasteiger partial charge in [-0.15, -0.1) is 0 Å². The van der Waals surface area contributed by atoms with Crippen molar-refractivity contribution < 1.29 is 14.3 Å². The molecular formula is C19H23NO3. The number of aryl methyl sites for hydroxylation is 3. The van der Waals surface area contributed by atoms with E-state index < -0.39 is 0 Å². The first kappa shape index (κ1) is 16.9. The SMILES string of the molecule is COc1ccc(NC(=O)CCc2ccc(C)cc2C)c(OC)c1. The molecule has 23 heavy (non-hydrogen) atoms. The average Bonchev–Trinajstić information content (AvgIpc) is 2.54. The minimum Gasteiger partial charge on any atom is -0.497 e. The Bertz CT molecular complexity index is 695. The molecule has 0 atom stereocenters. The Kier molecular flexibility index (Phi) is 5.63. The molecule has 0 fully saturated rings. The molecule has 2 aromatic rings. The number of amides is 1. The molecule has 1 amide bonds. The van der Waals surface area contributed by atoms with E-state index in [1.54, 1.807) is 32.4 Å². The van der Waals surface area contributed by atoms with Crippen LogP contribution in [0.2, 0.25) is 0 Å². The van der Waals surface area contributed by atoms with Crippen molar-refractivity contribution in [2.45, 2.75) is 26.7 Å². The summed E-state index contributed by atoms with van der Waals surface area (Å²) in [6.45, 7) is 4.15. The van der Waals surface area contributed by atoms with Gasteiger partial charge in [-0.25, -0.2) is 0 Å². The summed E-state index contributed by atoms with van der Waals surface area (Å²) in [4.78, 5) is 12.2. The van der Waals surface area contributed by atoms with Crippen LogP contribution in [0.4, 0.5) is 5.69 Å². The molecule has 0 radical (unpaired) electrons. The smallest absolute Gasteiger partial charge is 0.224 e. The molecule has 0 aromatic heterocycles. The van der Waals surface area contributed by atoms with Gasteiger partial charge < -0.3 is 14.8 Å². The van der Waals surface area contributed by atoms with Gasteiger partial charge >= 0.3 is 0 Å². The van der Waals surface area contributed by atoms with Gasteiger partial charge in [-0.3, -0.25) is 4.79 Å². The molecule has 0 heterocycles. The maximum absolute atomic E-state index is 12.2. The van der Waals surface area contributed by atoms with E-state index >= 15 is 0 Å². The summed E-state index contributed by atoms with van der Waals surface area (Å²) in [5.41, 5.74) is 4.31. The van der Waals surface area contributed by atoms with E-state index in [9.17, 15) is 4.79 Å². The van der Waals surface area contributed by atoms with Gasteiger partial charge in [0, 0.05) is 12.5 Å². The third-order valence-corrected chi connectivity index (χ3v) is 3.80. The highest BCUT2D eigenvalue weighted by molar-refractivity contribution is 5.92. The minimum atomic E-state index is -0.0339. The van der Waals surface area contributed by atoms with Gasteiger partial charge in [0.1, 0.15) is 11.5 Å². The number of nitrogens with one attached hydrogen (secondary N) is 1. The number of hydrogen-bond acceptors (Lipinski definition) is 3. The van der Waals surface area contributed by atoms with Gasteiger partial charge in [0.25, 0.3) is 0 Å². The molecule has 0 bridgehead atoms. The van der Waals surface area contributed by atoms with Gasteiger partial charge in [0.15, 0.2) is 0 Å². The van der Waals surface area contributed by atoms with Crippen LogP contribution in [-0.2, 0) is 11.2 Å². The number of carbonyl (C=O) groups excluding carboxylic acids is 1. The third-order valence-electron chi connectivity index (χ3n) is 3.80. The highest BCUT2D eigenvalue weighted by Gasteiger charge is 2.10. The first-order valence-corrected chi connectivity index (χ1v) is 7.61. The quantitative estimate of drug-likeness (QED) is 0.880. The van der Waals surface area contributed by atoms with Crippen LogP contribution in [0.3, 0.4) is 0 Å². The van der Waals surface area contributed by atoms with Crippen molar-refractivity contribution in [3.8, 4) is 11.5 Å². The number of carbonyl (C=O) groups is 1. The molecule has 0 saturated heterocycles. The van der Waals surface area contributed by atoms with Crippen molar-refractivity contribution >= 4 is 11.6 Å². The lowest BCUT2D eigenvalue weighted by Gasteiger charge is -2.12. The Hall–Kier alpha value is -2.49. The zero-order valence-electron chi connectivity index (χ0n) is 14.1. The summed E-state index contributed by atoms with van der Waals surface area (Å²) in [6.07, 6.45) is 1.15. The molecule has 2 rings (SSSR count). The summed E-state index contributed by atoms with van der Waals surface area (Å²) in [5.74, 6) is 1.24. The van der Waals surface area contributed by atoms with E-state index in [1.807, 2.05) is 0 Å². The van der Waals surface area contributed by atoms with Gasteiger partial charge in [0.2, 0.25) is 5.91 Å². The fraction of sp³-hybridized carbons (Fsp3) is 0.316. The van der Waals surface area contributed by atoms with Crippen molar-refractivity contribution in [2.24, 2.45) is 0 Å². The summed E-state index contributed by atoms with van der Waals surface area (Å²) < 4.78 is 10.4. The normalized spacial score (nSPS) is 10.3. The maximum atomic E-state index is 12.2. The third kappa shape index (κ3) is 4.49. The largest absolute Gasteiger partial charge is 0.497 e. The highest BCUT2D eigenvalue weighted by Crippen LogP contribution is 2.29. The second kappa shape index (κ2) is 7.68. The molecular weight excluding hydrogens is 290 g/mol. The number of hydrogen-bond donors (Lipinski definition) is 1. The molecule has 122 valence electrons. The predicted molar refractivity (Wildman–Crippen MR) is 92.4 cm³/mol. The molecule has 0 aliphatic rings. The lowest BCUT2D eigenvalue weighted by molar-refractivity contribution is -0.116. The summed E-state index contributed by atoms with van der Waals surface area (Å²) in [6, 6.07) is 11.6. The van der Waals surface area contributed by atoms with Crippen molar-refractivity contribution in [3.63, 3.8) is 0 Å². The molecule has 0 aliphatic carbocycles. The van der Waals surface area contributed by atoms with E-state index in [-0.39, 0.29) is 5.91 Å². The number of methoxy groups -OCH3 is 2. The van der Waals surface area contributed by atoms with Crippen LogP contribution in [0.1, 0.15) is 23.1 Å². The van der Waals surface area contributed by atoms with Gasteiger partial charge in [-0.1, -0.05) is 23.8 Å². The molecule has 2 aromatic carbocycles. The van der Waals surface area contributed by atoms with E-state index in [4.69, 9.17) is 9.47 Å². The second-order valence-electron chi connectivity index (χ2n) is 5.54. The highest BCUT2D eigenvalue weighted by atomic mass is 16.5.